The van der Waals surface area contributed by atoms with Crippen LogP contribution in [0.25, 0.3) is 17.5 Å². The maximum atomic E-state index is 13.4. The van der Waals surface area contributed by atoms with E-state index in [1.807, 2.05) is 0 Å². The van der Waals surface area contributed by atoms with Gasteiger partial charge in [-0.05, 0) is 29.3 Å². The van der Waals surface area contributed by atoms with E-state index in [2.05, 4.69) is 0 Å². The van der Waals surface area contributed by atoms with E-state index in [0.29, 0.717) is 11.1 Å². The van der Waals surface area contributed by atoms with Crippen molar-refractivity contribution in [3.8, 4) is 0 Å². The lowest BCUT2D eigenvalue weighted by molar-refractivity contribution is -0.385. The fourth-order valence-corrected chi connectivity index (χ4v) is 5.20. The van der Waals surface area contributed by atoms with Crippen molar-refractivity contribution in [3.05, 3.63) is 105 Å². The van der Waals surface area contributed by atoms with Crippen LogP contribution in [0.2, 0.25) is 0 Å². The second-order valence-electron chi connectivity index (χ2n) is 7.88. The highest BCUT2D eigenvalue weighted by Crippen LogP contribution is 2.38. The third-order valence-electron chi connectivity index (χ3n) is 5.80. The molecule has 38 heavy (non-hydrogen) atoms. The number of hydrogen-bond donors (Lipinski definition) is 1. The summed E-state index contributed by atoms with van der Waals surface area (Å²) in [4.78, 5) is 60.3. The van der Waals surface area contributed by atoms with Crippen LogP contribution in [0, 0.1) is 20.2 Å². The number of esters is 2. The van der Waals surface area contributed by atoms with Gasteiger partial charge in [0.05, 0.1) is 45.7 Å². The van der Waals surface area contributed by atoms with Crippen LogP contribution in [-0.4, -0.2) is 40.6 Å². The molecule has 4 rings (SSSR count). The van der Waals surface area contributed by atoms with Crippen LogP contribution in [0.4, 0.5) is 11.4 Å². The highest BCUT2D eigenvalue weighted by atomic mass is 32.1. The first kappa shape index (κ1) is 26.0. The monoisotopic (exact) mass is 538 g/mol. The van der Waals surface area contributed by atoms with Crippen molar-refractivity contribution >= 4 is 52.1 Å². The molecule has 14 heteroatoms. The van der Waals surface area contributed by atoms with E-state index in [-0.39, 0.29) is 37.5 Å². The van der Waals surface area contributed by atoms with E-state index >= 15 is 0 Å². The van der Waals surface area contributed by atoms with Gasteiger partial charge in [-0.3, -0.25) is 29.6 Å². The van der Waals surface area contributed by atoms with Crippen LogP contribution in [0.5, 0.6) is 0 Å². The molecule has 0 saturated heterocycles. The van der Waals surface area contributed by atoms with Crippen molar-refractivity contribution in [1.29, 1.82) is 0 Å². The molecule has 1 aliphatic heterocycles. The maximum Gasteiger partial charge on any atom is 0.338 e. The number of thiazole rings is 1. The first-order valence-corrected chi connectivity index (χ1v) is 11.5. The Morgan fingerprint density at radius 2 is 1.42 bits per heavy atom. The minimum absolute atomic E-state index is 0.0866. The summed E-state index contributed by atoms with van der Waals surface area (Å²) in [5, 5.41) is 22.1. The quantitative estimate of drug-likeness (QED) is 0.269. The van der Waals surface area contributed by atoms with Gasteiger partial charge in [-0.25, -0.2) is 9.59 Å². The van der Waals surface area contributed by atoms with Crippen molar-refractivity contribution in [2.75, 3.05) is 14.2 Å². The number of carbonyl (C=O) groups is 2. The molecule has 0 spiro atoms. The standard InChI is InChI=1S/C24H18N4O9S/c1-36-23(30)18-17(13-5-9-15(10-6-13)28(34)35)19(24(31)37-2)22-26(20(18)25)21(29)16(38-22)11-12-3-7-14(8-4-12)27(32)33/h3-11,17H,25H2,1-2H3/b16-11+/t17-/m1/s1. The average Bonchev–Trinajstić information content (AvgIpc) is 3.23. The summed E-state index contributed by atoms with van der Waals surface area (Å²) in [5.41, 5.74) is 5.77. The second kappa shape index (κ2) is 10.1. The molecule has 194 valence electrons. The van der Waals surface area contributed by atoms with Crippen LogP contribution >= 0.6 is 11.3 Å². The number of rotatable bonds is 6. The van der Waals surface area contributed by atoms with Crippen molar-refractivity contribution in [1.82, 2.24) is 4.57 Å². The van der Waals surface area contributed by atoms with Gasteiger partial charge in [0, 0.05) is 24.3 Å². The fourth-order valence-electron chi connectivity index (χ4n) is 4.03. The minimum atomic E-state index is -1.17. The Morgan fingerprint density at radius 1 is 0.921 bits per heavy atom. The first-order valence-electron chi connectivity index (χ1n) is 10.7. The van der Waals surface area contributed by atoms with Gasteiger partial charge in [0.25, 0.3) is 16.9 Å². The third-order valence-corrected chi connectivity index (χ3v) is 6.91. The van der Waals surface area contributed by atoms with E-state index in [4.69, 9.17) is 15.2 Å². The molecular formula is C24H18N4O9S. The lowest BCUT2D eigenvalue weighted by Gasteiger charge is -2.26. The molecule has 3 aromatic rings. The summed E-state index contributed by atoms with van der Waals surface area (Å²) in [6.45, 7) is 0. The molecule has 0 fully saturated rings. The minimum Gasteiger partial charge on any atom is -0.466 e. The molecule has 1 aliphatic rings. The highest BCUT2D eigenvalue weighted by Gasteiger charge is 2.39. The zero-order chi connectivity index (χ0) is 27.7. The number of fused-ring (bicyclic) bond motifs is 1. The van der Waals surface area contributed by atoms with Gasteiger partial charge in [0.1, 0.15) is 10.5 Å². The summed E-state index contributed by atoms with van der Waals surface area (Å²) in [7, 11) is 2.23. The van der Waals surface area contributed by atoms with E-state index in [1.54, 1.807) is 0 Å². The lowest BCUT2D eigenvalue weighted by Crippen LogP contribution is -2.41. The number of nitro benzene ring substituents is 2. The number of nitrogens with two attached hydrogens (primary N) is 1. The number of methoxy groups -OCH3 is 2. The van der Waals surface area contributed by atoms with E-state index in [1.165, 1.54) is 54.6 Å². The van der Waals surface area contributed by atoms with Gasteiger partial charge in [-0.2, -0.15) is 0 Å². The largest absolute Gasteiger partial charge is 0.466 e. The summed E-state index contributed by atoms with van der Waals surface area (Å²) in [6, 6.07) is 10.6. The van der Waals surface area contributed by atoms with Gasteiger partial charge in [-0.1, -0.05) is 12.1 Å². The number of nitro groups is 2. The SMILES string of the molecule is COC(=O)C1=C(N)n2c(s/c(=C/c3ccc([N+](=O)[O-])cc3)c2=O)=C(C(=O)OC)[C@@H]1c1ccc([N+](=O)[O-])cc1. The number of ether oxygens (including phenoxy) is 2. The van der Waals surface area contributed by atoms with Gasteiger partial charge in [0.15, 0.2) is 0 Å². The first-order chi connectivity index (χ1) is 18.1. The zero-order valence-electron chi connectivity index (χ0n) is 19.8. The topological polar surface area (TPSA) is 187 Å². The molecule has 0 unspecified atom stereocenters. The molecule has 0 aliphatic carbocycles. The van der Waals surface area contributed by atoms with Crippen LogP contribution < -0.4 is 20.5 Å². The molecule has 2 N–H and O–H groups in total. The van der Waals surface area contributed by atoms with E-state index in [9.17, 15) is 34.6 Å². The molecule has 2 heterocycles. The molecule has 0 radical (unpaired) electrons. The maximum absolute atomic E-state index is 13.4. The normalized spacial score (nSPS) is 15.2. The molecule has 0 bridgehead atoms. The molecular weight excluding hydrogens is 520 g/mol. The predicted octanol–water partition coefficient (Wildman–Crippen LogP) is 0.976. The molecule has 2 aromatic carbocycles. The summed E-state index contributed by atoms with van der Waals surface area (Å²) >= 11 is 0.899. The predicted molar refractivity (Wildman–Crippen MR) is 135 cm³/mol. The Balaban J connectivity index is 2.05. The highest BCUT2D eigenvalue weighted by molar-refractivity contribution is 7.07. The van der Waals surface area contributed by atoms with Crippen LogP contribution in [0.3, 0.4) is 0 Å². The Hall–Kier alpha value is -5.11. The van der Waals surface area contributed by atoms with Crippen molar-refractivity contribution in [3.63, 3.8) is 0 Å². The fraction of sp³-hybridized carbons (Fsp3) is 0.125. The Morgan fingerprint density at radius 3 is 1.92 bits per heavy atom. The van der Waals surface area contributed by atoms with Crippen LogP contribution in [-0.2, 0) is 19.1 Å². The smallest absolute Gasteiger partial charge is 0.338 e. The number of carbonyl (C=O) groups excluding carboxylic acids is 2. The second-order valence-corrected chi connectivity index (χ2v) is 8.91. The molecule has 13 nitrogen and oxygen atoms in total. The van der Waals surface area contributed by atoms with Gasteiger partial charge < -0.3 is 15.2 Å². The average molecular weight is 538 g/mol. The Bertz CT molecular complexity index is 1700. The summed E-state index contributed by atoms with van der Waals surface area (Å²) in [6.07, 6.45) is 1.46. The zero-order valence-corrected chi connectivity index (χ0v) is 20.6. The molecule has 0 saturated carbocycles. The number of aromatic nitrogens is 1. The molecule has 0 amide bonds. The van der Waals surface area contributed by atoms with Crippen molar-refractivity contribution in [2.24, 2.45) is 5.73 Å². The van der Waals surface area contributed by atoms with Crippen molar-refractivity contribution in [2.45, 2.75) is 5.92 Å². The number of benzene rings is 2. The van der Waals surface area contributed by atoms with Gasteiger partial charge >= 0.3 is 11.9 Å². The Labute approximate surface area is 216 Å². The number of non-ortho nitro benzene ring substituents is 2. The molecule has 1 aromatic heterocycles. The lowest BCUT2D eigenvalue weighted by atomic mass is 9.83. The van der Waals surface area contributed by atoms with Crippen molar-refractivity contribution < 1.29 is 28.9 Å². The van der Waals surface area contributed by atoms with Gasteiger partial charge in [-0.15, -0.1) is 11.3 Å². The van der Waals surface area contributed by atoms with E-state index in [0.717, 1.165) is 30.1 Å². The van der Waals surface area contributed by atoms with E-state index < -0.39 is 33.3 Å². The summed E-state index contributed by atoms with van der Waals surface area (Å²) < 4.78 is 11.1. The van der Waals surface area contributed by atoms with Crippen LogP contribution in [0.15, 0.2) is 58.9 Å². The number of nitrogens with zero attached hydrogens (tertiary/aromatic N) is 3. The Kier molecular flexibility index (Phi) is 6.90. The number of hydrogen-bond acceptors (Lipinski definition) is 11. The molecule has 1 atom stereocenters. The van der Waals surface area contributed by atoms with Crippen LogP contribution in [0.1, 0.15) is 17.0 Å². The van der Waals surface area contributed by atoms with Gasteiger partial charge in [0.2, 0.25) is 0 Å². The third kappa shape index (κ3) is 4.43. The summed E-state index contributed by atoms with van der Waals surface area (Å²) in [5.74, 6) is -3.23.